The fourth-order valence-electron chi connectivity index (χ4n) is 1.84. The molecule has 0 spiro atoms. The Morgan fingerprint density at radius 1 is 0.895 bits per heavy atom. The first-order valence-electron chi connectivity index (χ1n) is 6.24. The molecule has 0 aromatic heterocycles. The van der Waals surface area contributed by atoms with Crippen LogP contribution in [-0.4, -0.2) is 14.2 Å². The minimum absolute atomic E-state index is 0.733. The highest BCUT2D eigenvalue weighted by Gasteiger charge is 2.02. The molecule has 2 aromatic carbocycles. The number of anilines is 1. The molecule has 0 atom stereocenters. The Hall–Kier alpha value is -2.16. The number of ether oxygens (including phenoxy) is 2. The van der Waals surface area contributed by atoms with Crippen LogP contribution in [0.15, 0.2) is 42.5 Å². The molecule has 0 fully saturated rings. The molecular weight excluding hydrogens is 238 g/mol. The van der Waals surface area contributed by atoms with Crippen molar-refractivity contribution in [3.8, 4) is 11.5 Å². The number of nitrogens with one attached hydrogen (secondary N) is 1. The van der Waals surface area contributed by atoms with Crippen molar-refractivity contribution in [3.05, 3.63) is 53.6 Å². The molecule has 0 saturated carbocycles. The van der Waals surface area contributed by atoms with Crippen molar-refractivity contribution < 1.29 is 9.47 Å². The molecule has 3 heteroatoms. The molecule has 0 aliphatic carbocycles. The SMILES string of the molecule is COc1cc(CNc2ccc(C)cc2)cc(OC)c1. The normalized spacial score (nSPS) is 10.1. The monoisotopic (exact) mass is 257 g/mol. The number of hydrogen-bond donors (Lipinski definition) is 1. The molecule has 2 aromatic rings. The first-order chi connectivity index (χ1) is 9.21. The third-order valence-corrected chi connectivity index (χ3v) is 2.96. The van der Waals surface area contributed by atoms with Gasteiger partial charge in [0.15, 0.2) is 0 Å². The van der Waals surface area contributed by atoms with Gasteiger partial charge in [0.1, 0.15) is 11.5 Å². The highest BCUT2D eigenvalue weighted by molar-refractivity contribution is 5.46. The van der Waals surface area contributed by atoms with Gasteiger partial charge in [-0.2, -0.15) is 0 Å². The Labute approximate surface area is 114 Å². The summed E-state index contributed by atoms with van der Waals surface area (Å²) in [5.41, 5.74) is 3.48. The third-order valence-electron chi connectivity index (χ3n) is 2.96. The highest BCUT2D eigenvalue weighted by atomic mass is 16.5. The minimum Gasteiger partial charge on any atom is -0.497 e. The maximum atomic E-state index is 5.26. The number of hydrogen-bond acceptors (Lipinski definition) is 3. The summed E-state index contributed by atoms with van der Waals surface area (Å²) >= 11 is 0. The summed E-state index contributed by atoms with van der Waals surface area (Å²) in [5, 5.41) is 3.38. The summed E-state index contributed by atoms with van der Waals surface area (Å²) in [6.45, 7) is 2.81. The average molecular weight is 257 g/mol. The van der Waals surface area contributed by atoms with Gasteiger partial charge >= 0.3 is 0 Å². The van der Waals surface area contributed by atoms with Gasteiger partial charge in [-0.05, 0) is 36.8 Å². The Morgan fingerprint density at radius 3 is 2.00 bits per heavy atom. The zero-order valence-corrected chi connectivity index (χ0v) is 11.6. The van der Waals surface area contributed by atoms with Gasteiger partial charge in [0, 0.05) is 18.3 Å². The number of methoxy groups -OCH3 is 2. The van der Waals surface area contributed by atoms with Crippen molar-refractivity contribution in [2.75, 3.05) is 19.5 Å². The third kappa shape index (κ3) is 3.65. The smallest absolute Gasteiger partial charge is 0.122 e. The van der Waals surface area contributed by atoms with Crippen LogP contribution in [0.5, 0.6) is 11.5 Å². The van der Waals surface area contributed by atoms with Crippen molar-refractivity contribution >= 4 is 5.69 Å². The van der Waals surface area contributed by atoms with Crippen LogP contribution in [0.2, 0.25) is 0 Å². The van der Waals surface area contributed by atoms with Crippen molar-refractivity contribution in [2.24, 2.45) is 0 Å². The standard InChI is InChI=1S/C16H19NO2/c1-12-4-6-14(7-5-12)17-11-13-8-15(18-2)10-16(9-13)19-3/h4-10,17H,11H2,1-3H3. The predicted molar refractivity (Wildman–Crippen MR) is 78.1 cm³/mol. The molecule has 0 amide bonds. The second kappa shape index (κ2) is 6.14. The molecule has 0 aliphatic heterocycles. The summed E-state index contributed by atoms with van der Waals surface area (Å²) < 4.78 is 10.5. The first-order valence-corrected chi connectivity index (χ1v) is 6.24. The largest absolute Gasteiger partial charge is 0.497 e. The van der Waals surface area contributed by atoms with E-state index in [4.69, 9.17) is 9.47 Å². The summed E-state index contributed by atoms with van der Waals surface area (Å²) in [6, 6.07) is 14.2. The molecule has 0 bridgehead atoms. The number of benzene rings is 2. The Morgan fingerprint density at radius 2 is 1.47 bits per heavy atom. The summed E-state index contributed by atoms with van der Waals surface area (Å²) in [5.74, 6) is 1.61. The maximum Gasteiger partial charge on any atom is 0.122 e. The molecule has 0 saturated heterocycles. The number of aryl methyl sites for hydroxylation is 1. The molecule has 100 valence electrons. The lowest BCUT2D eigenvalue weighted by Gasteiger charge is -2.10. The molecule has 1 N–H and O–H groups in total. The lowest BCUT2D eigenvalue weighted by Crippen LogP contribution is -2.00. The second-order valence-corrected chi connectivity index (χ2v) is 4.44. The van der Waals surface area contributed by atoms with Crippen LogP contribution in [0.3, 0.4) is 0 Å². The highest BCUT2D eigenvalue weighted by Crippen LogP contribution is 2.23. The van der Waals surface area contributed by atoms with Gasteiger partial charge in [-0.15, -0.1) is 0 Å². The summed E-state index contributed by atoms with van der Waals surface area (Å²) in [4.78, 5) is 0. The Bertz CT molecular complexity index is 513. The van der Waals surface area contributed by atoms with Crippen molar-refractivity contribution in [3.63, 3.8) is 0 Å². The molecule has 0 radical (unpaired) electrons. The van der Waals surface area contributed by atoms with E-state index in [1.165, 1.54) is 5.56 Å². The summed E-state index contributed by atoms with van der Waals surface area (Å²) in [6.07, 6.45) is 0. The van der Waals surface area contributed by atoms with Gasteiger partial charge in [-0.3, -0.25) is 0 Å². The van der Waals surface area contributed by atoms with Gasteiger partial charge in [-0.25, -0.2) is 0 Å². The van der Waals surface area contributed by atoms with Crippen LogP contribution in [-0.2, 0) is 6.54 Å². The maximum absolute atomic E-state index is 5.26. The van der Waals surface area contributed by atoms with E-state index in [0.717, 1.165) is 29.3 Å². The summed E-state index contributed by atoms with van der Waals surface area (Å²) in [7, 11) is 3.32. The van der Waals surface area contributed by atoms with Crippen molar-refractivity contribution in [1.29, 1.82) is 0 Å². The molecular formula is C16H19NO2. The fraction of sp³-hybridized carbons (Fsp3) is 0.250. The van der Waals surface area contributed by atoms with Crippen molar-refractivity contribution in [1.82, 2.24) is 0 Å². The van der Waals surface area contributed by atoms with Crippen LogP contribution in [0.1, 0.15) is 11.1 Å². The van der Waals surface area contributed by atoms with Crippen LogP contribution >= 0.6 is 0 Å². The fourth-order valence-corrected chi connectivity index (χ4v) is 1.84. The van der Waals surface area contributed by atoms with Gasteiger partial charge in [0.25, 0.3) is 0 Å². The van der Waals surface area contributed by atoms with Crippen LogP contribution in [0.4, 0.5) is 5.69 Å². The van der Waals surface area contributed by atoms with Gasteiger partial charge in [0.05, 0.1) is 14.2 Å². The van der Waals surface area contributed by atoms with Crippen LogP contribution in [0.25, 0.3) is 0 Å². The lowest BCUT2D eigenvalue weighted by atomic mass is 10.2. The topological polar surface area (TPSA) is 30.5 Å². The molecule has 19 heavy (non-hydrogen) atoms. The van der Waals surface area contributed by atoms with Gasteiger partial charge < -0.3 is 14.8 Å². The first kappa shape index (κ1) is 13.3. The molecule has 2 rings (SSSR count). The van der Waals surface area contributed by atoms with E-state index in [9.17, 15) is 0 Å². The molecule has 3 nitrogen and oxygen atoms in total. The minimum atomic E-state index is 0.733. The van der Waals surface area contributed by atoms with E-state index < -0.39 is 0 Å². The van der Waals surface area contributed by atoms with Gasteiger partial charge in [0.2, 0.25) is 0 Å². The predicted octanol–water partition coefficient (Wildman–Crippen LogP) is 3.62. The van der Waals surface area contributed by atoms with Crippen LogP contribution < -0.4 is 14.8 Å². The van der Waals surface area contributed by atoms with Gasteiger partial charge in [-0.1, -0.05) is 17.7 Å². The quantitative estimate of drug-likeness (QED) is 0.887. The second-order valence-electron chi connectivity index (χ2n) is 4.44. The lowest BCUT2D eigenvalue weighted by molar-refractivity contribution is 0.393. The van der Waals surface area contributed by atoms with Crippen LogP contribution in [0, 0.1) is 6.92 Å². The zero-order chi connectivity index (χ0) is 13.7. The van der Waals surface area contributed by atoms with E-state index in [1.54, 1.807) is 14.2 Å². The molecule has 0 aliphatic rings. The van der Waals surface area contributed by atoms with E-state index >= 15 is 0 Å². The molecule has 0 unspecified atom stereocenters. The van der Waals surface area contributed by atoms with E-state index in [-0.39, 0.29) is 0 Å². The molecule has 0 heterocycles. The van der Waals surface area contributed by atoms with Crippen molar-refractivity contribution in [2.45, 2.75) is 13.5 Å². The Kier molecular flexibility index (Phi) is 4.29. The zero-order valence-electron chi connectivity index (χ0n) is 11.6. The Balaban J connectivity index is 2.08. The van der Waals surface area contributed by atoms with E-state index in [0.29, 0.717) is 0 Å². The van der Waals surface area contributed by atoms with E-state index in [2.05, 4.69) is 36.5 Å². The average Bonchev–Trinajstić information content (AvgIpc) is 2.46. The number of rotatable bonds is 5. The van der Waals surface area contributed by atoms with E-state index in [1.807, 2.05) is 18.2 Å².